The van der Waals surface area contributed by atoms with Gasteiger partial charge >= 0.3 is 6.03 Å². The van der Waals surface area contributed by atoms with Gasteiger partial charge in [0.25, 0.3) is 0 Å². The van der Waals surface area contributed by atoms with Gasteiger partial charge in [-0.05, 0) is 42.8 Å². The van der Waals surface area contributed by atoms with Crippen LogP contribution in [-0.4, -0.2) is 19.2 Å². The molecule has 0 aromatic heterocycles. The molecule has 5 heteroatoms. The molecule has 114 valence electrons. The normalized spacial score (nSPS) is 12.2. The second kappa shape index (κ2) is 6.39. The van der Waals surface area contributed by atoms with Crippen LogP contribution in [0.3, 0.4) is 0 Å². The van der Waals surface area contributed by atoms with Crippen molar-refractivity contribution in [2.45, 2.75) is 13.3 Å². The first-order chi connectivity index (χ1) is 10.8. The Morgan fingerprint density at radius 3 is 2.95 bits per heavy atom. The lowest BCUT2D eigenvalue weighted by Crippen LogP contribution is -2.20. The van der Waals surface area contributed by atoms with E-state index < -0.39 is 0 Å². The largest absolute Gasteiger partial charge is 0.493 e. The molecule has 1 heterocycles. The van der Waals surface area contributed by atoms with Crippen molar-refractivity contribution in [1.82, 2.24) is 0 Å². The van der Waals surface area contributed by atoms with E-state index in [1.165, 1.54) is 0 Å². The molecule has 0 atom stereocenters. The summed E-state index contributed by atoms with van der Waals surface area (Å²) in [6.45, 7) is 3.15. The summed E-state index contributed by atoms with van der Waals surface area (Å²) in [6.07, 6.45) is 0.875. The maximum absolute atomic E-state index is 12.1. The number of hydrogen-bond donors (Lipinski definition) is 2. The van der Waals surface area contributed by atoms with Gasteiger partial charge < -0.3 is 20.1 Å². The second-order valence-electron chi connectivity index (χ2n) is 4.93. The van der Waals surface area contributed by atoms with E-state index in [-0.39, 0.29) is 6.03 Å². The van der Waals surface area contributed by atoms with Gasteiger partial charge in [0.15, 0.2) is 0 Å². The molecule has 0 aliphatic carbocycles. The third-order valence-electron chi connectivity index (χ3n) is 3.38. The number of benzene rings is 2. The topological polar surface area (TPSA) is 59.6 Å². The molecular weight excluding hydrogens is 280 g/mol. The van der Waals surface area contributed by atoms with Crippen LogP contribution < -0.4 is 20.1 Å². The summed E-state index contributed by atoms with van der Waals surface area (Å²) in [5, 5.41) is 5.63. The predicted octanol–water partition coefficient (Wildman–Crippen LogP) is 3.66. The zero-order valence-electron chi connectivity index (χ0n) is 12.4. The van der Waals surface area contributed by atoms with Crippen molar-refractivity contribution >= 4 is 17.4 Å². The van der Waals surface area contributed by atoms with Crippen LogP contribution in [0, 0.1) is 0 Å². The van der Waals surface area contributed by atoms with Crippen molar-refractivity contribution in [3.05, 3.63) is 48.0 Å². The van der Waals surface area contributed by atoms with Crippen LogP contribution in [0.1, 0.15) is 12.5 Å². The van der Waals surface area contributed by atoms with Gasteiger partial charge in [0, 0.05) is 12.1 Å². The number of ether oxygens (including phenoxy) is 2. The minimum atomic E-state index is -0.300. The van der Waals surface area contributed by atoms with E-state index in [4.69, 9.17) is 9.47 Å². The van der Waals surface area contributed by atoms with Crippen LogP contribution in [-0.2, 0) is 6.42 Å². The number of amides is 2. The number of hydrogen-bond acceptors (Lipinski definition) is 3. The number of carbonyl (C=O) groups is 1. The fourth-order valence-corrected chi connectivity index (χ4v) is 2.40. The Hall–Kier alpha value is -2.69. The molecule has 0 spiro atoms. The molecule has 2 N–H and O–H groups in total. The minimum Gasteiger partial charge on any atom is -0.493 e. The van der Waals surface area contributed by atoms with Gasteiger partial charge in [-0.2, -0.15) is 0 Å². The lowest BCUT2D eigenvalue weighted by Gasteiger charge is -2.12. The number of fused-ring (bicyclic) bond motifs is 1. The number of nitrogens with one attached hydrogen (secondary N) is 2. The van der Waals surface area contributed by atoms with Crippen molar-refractivity contribution < 1.29 is 14.3 Å². The highest BCUT2D eigenvalue weighted by molar-refractivity contribution is 6.00. The summed E-state index contributed by atoms with van der Waals surface area (Å²) in [5.41, 5.74) is 2.51. The summed E-state index contributed by atoms with van der Waals surface area (Å²) in [6, 6.07) is 12.7. The summed E-state index contributed by atoms with van der Waals surface area (Å²) >= 11 is 0. The quantitative estimate of drug-likeness (QED) is 0.905. The molecule has 5 nitrogen and oxygen atoms in total. The van der Waals surface area contributed by atoms with Gasteiger partial charge in [-0.15, -0.1) is 0 Å². The SMILES string of the molecule is CCOc1ccccc1NC(=O)Nc1ccc2c(c1)CCO2. The Balaban J connectivity index is 1.68. The van der Waals surface area contributed by atoms with Gasteiger partial charge in [0.1, 0.15) is 11.5 Å². The average molecular weight is 298 g/mol. The van der Waals surface area contributed by atoms with Crippen molar-refractivity contribution in [3.8, 4) is 11.5 Å². The van der Waals surface area contributed by atoms with Crippen molar-refractivity contribution in [3.63, 3.8) is 0 Å². The van der Waals surface area contributed by atoms with Crippen LogP contribution in [0.15, 0.2) is 42.5 Å². The van der Waals surface area contributed by atoms with Crippen molar-refractivity contribution in [2.75, 3.05) is 23.8 Å². The third-order valence-corrected chi connectivity index (χ3v) is 3.38. The van der Waals surface area contributed by atoms with Crippen LogP contribution in [0.2, 0.25) is 0 Å². The lowest BCUT2D eigenvalue weighted by atomic mass is 10.1. The van der Waals surface area contributed by atoms with Crippen molar-refractivity contribution in [1.29, 1.82) is 0 Å². The van der Waals surface area contributed by atoms with E-state index in [1.807, 2.05) is 43.3 Å². The fourth-order valence-electron chi connectivity index (χ4n) is 2.40. The van der Waals surface area contributed by atoms with E-state index >= 15 is 0 Å². The molecule has 0 radical (unpaired) electrons. The number of carbonyl (C=O) groups excluding carboxylic acids is 1. The Morgan fingerprint density at radius 2 is 2.09 bits per heavy atom. The summed E-state index contributed by atoms with van der Waals surface area (Å²) in [4.78, 5) is 12.1. The minimum absolute atomic E-state index is 0.300. The standard InChI is InChI=1S/C17H18N2O3/c1-2-21-16-6-4-3-5-14(16)19-17(20)18-13-7-8-15-12(11-13)9-10-22-15/h3-8,11H,2,9-10H2,1H3,(H2,18,19,20). The maximum atomic E-state index is 12.1. The molecule has 2 aromatic carbocycles. The number of urea groups is 1. The number of anilines is 2. The van der Waals surface area contributed by atoms with E-state index in [1.54, 1.807) is 6.07 Å². The van der Waals surface area contributed by atoms with Crippen LogP contribution in [0.4, 0.5) is 16.2 Å². The first-order valence-corrected chi connectivity index (χ1v) is 7.32. The van der Waals surface area contributed by atoms with E-state index in [2.05, 4.69) is 10.6 Å². The summed E-state index contributed by atoms with van der Waals surface area (Å²) in [7, 11) is 0. The molecular formula is C17H18N2O3. The van der Waals surface area contributed by atoms with Crippen LogP contribution in [0.5, 0.6) is 11.5 Å². The number of para-hydroxylation sites is 2. The smallest absolute Gasteiger partial charge is 0.323 e. The Kier molecular flexibility index (Phi) is 4.14. The number of rotatable bonds is 4. The molecule has 3 rings (SSSR count). The molecule has 0 saturated carbocycles. The van der Waals surface area contributed by atoms with E-state index in [9.17, 15) is 4.79 Å². The van der Waals surface area contributed by atoms with E-state index in [0.717, 1.165) is 23.4 Å². The Labute approximate surface area is 129 Å². The van der Waals surface area contributed by atoms with E-state index in [0.29, 0.717) is 24.7 Å². The third kappa shape index (κ3) is 3.14. The maximum Gasteiger partial charge on any atom is 0.323 e. The molecule has 0 fully saturated rings. The monoisotopic (exact) mass is 298 g/mol. The molecule has 0 saturated heterocycles. The zero-order valence-corrected chi connectivity index (χ0v) is 12.4. The Morgan fingerprint density at radius 1 is 1.23 bits per heavy atom. The average Bonchev–Trinajstić information content (AvgIpc) is 2.97. The van der Waals surface area contributed by atoms with Gasteiger partial charge in [0.05, 0.1) is 18.9 Å². The van der Waals surface area contributed by atoms with Gasteiger partial charge in [-0.3, -0.25) is 0 Å². The highest BCUT2D eigenvalue weighted by Gasteiger charge is 2.13. The second-order valence-corrected chi connectivity index (χ2v) is 4.93. The molecule has 1 aliphatic rings. The molecule has 2 amide bonds. The van der Waals surface area contributed by atoms with Gasteiger partial charge in [-0.25, -0.2) is 4.79 Å². The lowest BCUT2D eigenvalue weighted by molar-refractivity contribution is 0.262. The Bertz CT molecular complexity index is 685. The molecule has 0 unspecified atom stereocenters. The van der Waals surface area contributed by atoms with Crippen molar-refractivity contribution in [2.24, 2.45) is 0 Å². The molecule has 22 heavy (non-hydrogen) atoms. The first kappa shape index (κ1) is 14.3. The van der Waals surface area contributed by atoms with Gasteiger partial charge in [0.2, 0.25) is 0 Å². The van der Waals surface area contributed by atoms with Crippen LogP contribution >= 0.6 is 0 Å². The summed E-state index contributed by atoms with van der Waals surface area (Å²) in [5.74, 6) is 1.55. The van der Waals surface area contributed by atoms with Gasteiger partial charge in [-0.1, -0.05) is 12.1 Å². The highest BCUT2D eigenvalue weighted by Crippen LogP contribution is 2.28. The molecule has 2 aromatic rings. The molecule has 0 bridgehead atoms. The van der Waals surface area contributed by atoms with Crippen LogP contribution in [0.25, 0.3) is 0 Å². The summed E-state index contributed by atoms with van der Waals surface area (Å²) < 4.78 is 10.9. The molecule has 1 aliphatic heterocycles. The fraction of sp³-hybridized carbons (Fsp3) is 0.235. The highest BCUT2D eigenvalue weighted by atomic mass is 16.5. The predicted molar refractivity (Wildman–Crippen MR) is 85.9 cm³/mol. The zero-order chi connectivity index (χ0) is 15.4. The first-order valence-electron chi connectivity index (χ1n) is 7.32.